The molecule has 0 amide bonds. The zero-order valence-electron chi connectivity index (χ0n) is 10.1. The first-order chi connectivity index (χ1) is 9.02. The summed E-state index contributed by atoms with van der Waals surface area (Å²) >= 11 is 15.1. The van der Waals surface area contributed by atoms with E-state index in [9.17, 15) is 4.39 Å². The van der Waals surface area contributed by atoms with Gasteiger partial charge >= 0.3 is 0 Å². The summed E-state index contributed by atoms with van der Waals surface area (Å²) in [5, 5.41) is 4.02. The minimum absolute atomic E-state index is 0.275. The van der Waals surface area contributed by atoms with E-state index < -0.39 is 0 Å². The van der Waals surface area contributed by atoms with E-state index in [0.29, 0.717) is 20.1 Å². The van der Waals surface area contributed by atoms with Crippen molar-refractivity contribution in [2.75, 3.05) is 7.05 Å². The van der Waals surface area contributed by atoms with Gasteiger partial charge in [-0.25, -0.2) is 4.39 Å². The summed E-state index contributed by atoms with van der Waals surface area (Å²) in [5.74, 6) is -0.278. The molecule has 0 aliphatic rings. The van der Waals surface area contributed by atoms with Gasteiger partial charge in [-0.1, -0.05) is 51.3 Å². The molecular formula is C14H11BrCl2FN. The number of rotatable bonds is 3. The van der Waals surface area contributed by atoms with Crippen molar-refractivity contribution in [3.8, 4) is 0 Å². The molecule has 5 heteroatoms. The van der Waals surface area contributed by atoms with Crippen LogP contribution in [0.5, 0.6) is 0 Å². The van der Waals surface area contributed by atoms with Crippen LogP contribution in [0.2, 0.25) is 10.0 Å². The van der Waals surface area contributed by atoms with Crippen molar-refractivity contribution in [2.45, 2.75) is 6.04 Å². The maximum Gasteiger partial charge on any atom is 0.129 e. The van der Waals surface area contributed by atoms with Crippen LogP contribution < -0.4 is 5.32 Å². The van der Waals surface area contributed by atoms with E-state index >= 15 is 0 Å². The highest BCUT2D eigenvalue weighted by Crippen LogP contribution is 2.30. The van der Waals surface area contributed by atoms with E-state index in [1.807, 2.05) is 6.07 Å². The number of halogens is 4. The van der Waals surface area contributed by atoms with E-state index in [-0.39, 0.29) is 11.9 Å². The van der Waals surface area contributed by atoms with Crippen LogP contribution in [0, 0.1) is 5.82 Å². The van der Waals surface area contributed by atoms with Crippen LogP contribution in [0.4, 0.5) is 4.39 Å². The second kappa shape index (κ2) is 6.23. The quantitative estimate of drug-likeness (QED) is 0.790. The van der Waals surface area contributed by atoms with Crippen LogP contribution in [0.1, 0.15) is 17.2 Å². The average molecular weight is 363 g/mol. The molecule has 1 nitrogen and oxygen atoms in total. The van der Waals surface area contributed by atoms with Crippen LogP contribution in [0.3, 0.4) is 0 Å². The van der Waals surface area contributed by atoms with Gasteiger partial charge in [-0.05, 0) is 36.9 Å². The van der Waals surface area contributed by atoms with Crippen molar-refractivity contribution in [3.63, 3.8) is 0 Å². The van der Waals surface area contributed by atoms with Gasteiger partial charge in [0.1, 0.15) is 5.82 Å². The highest BCUT2D eigenvalue weighted by Gasteiger charge is 2.17. The van der Waals surface area contributed by atoms with Gasteiger partial charge in [0, 0.05) is 10.0 Å². The van der Waals surface area contributed by atoms with Crippen molar-refractivity contribution >= 4 is 39.1 Å². The van der Waals surface area contributed by atoms with Crippen molar-refractivity contribution in [3.05, 3.63) is 67.9 Å². The lowest BCUT2D eigenvalue weighted by Crippen LogP contribution is -2.19. The van der Waals surface area contributed by atoms with Gasteiger partial charge < -0.3 is 5.32 Å². The SMILES string of the molecule is CNC(c1ccc(Cl)c(Cl)c1)c1ccc(Br)cc1F. The minimum atomic E-state index is -0.278. The monoisotopic (exact) mass is 361 g/mol. The lowest BCUT2D eigenvalue weighted by Gasteiger charge is -2.18. The Morgan fingerprint density at radius 1 is 1.11 bits per heavy atom. The largest absolute Gasteiger partial charge is 0.309 e. The molecule has 0 radical (unpaired) electrons. The van der Waals surface area contributed by atoms with Gasteiger partial charge in [0.05, 0.1) is 16.1 Å². The van der Waals surface area contributed by atoms with Gasteiger partial charge in [0.15, 0.2) is 0 Å². The Kier molecular flexibility index (Phi) is 4.85. The molecule has 0 spiro atoms. The van der Waals surface area contributed by atoms with Crippen LogP contribution in [0.15, 0.2) is 40.9 Å². The Morgan fingerprint density at radius 3 is 2.42 bits per heavy atom. The molecule has 1 atom stereocenters. The highest BCUT2D eigenvalue weighted by molar-refractivity contribution is 9.10. The van der Waals surface area contributed by atoms with E-state index in [1.54, 1.807) is 31.3 Å². The Morgan fingerprint density at radius 2 is 1.84 bits per heavy atom. The normalized spacial score (nSPS) is 12.5. The van der Waals surface area contributed by atoms with E-state index in [0.717, 1.165) is 5.56 Å². The maximum absolute atomic E-state index is 14.0. The molecule has 0 fully saturated rings. The molecule has 0 bridgehead atoms. The van der Waals surface area contributed by atoms with Crippen molar-refractivity contribution in [1.82, 2.24) is 5.32 Å². The summed E-state index contributed by atoms with van der Waals surface area (Å²) in [4.78, 5) is 0. The zero-order valence-corrected chi connectivity index (χ0v) is 13.2. The molecular weight excluding hydrogens is 352 g/mol. The number of nitrogens with one attached hydrogen (secondary N) is 1. The smallest absolute Gasteiger partial charge is 0.129 e. The predicted molar refractivity (Wildman–Crippen MR) is 81.5 cm³/mol. The average Bonchev–Trinajstić information content (AvgIpc) is 2.37. The number of hydrogen-bond donors (Lipinski definition) is 1. The molecule has 19 heavy (non-hydrogen) atoms. The maximum atomic E-state index is 14.0. The summed E-state index contributed by atoms with van der Waals surface area (Å²) in [7, 11) is 1.77. The van der Waals surface area contributed by atoms with Crippen LogP contribution in [0.25, 0.3) is 0 Å². The van der Waals surface area contributed by atoms with Gasteiger partial charge in [-0.2, -0.15) is 0 Å². The molecule has 0 aliphatic carbocycles. The summed E-state index contributed by atoms with van der Waals surface area (Å²) in [6, 6.07) is 9.99. The molecule has 2 aromatic rings. The summed E-state index contributed by atoms with van der Waals surface area (Å²) < 4.78 is 14.7. The third-order valence-corrected chi connectivity index (χ3v) is 4.07. The molecule has 0 saturated carbocycles. The second-order valence-corrected chi connectivity index (χ2v) is 5.79. The Balaban J connectivity index is 2.46. The Labute approximate surface area is 129 Å². The van der Waals surface area contributed by atoms with E-state index in [2.05, 4.69) is 21.2 Å². The first kappa shape index (κ1) is 14.8. The van der Waals surface area contributed by atoms with Crippen molar-refractivity contribution in [2.24, 2.45) is 0 Å². The third-order valence-electron chi connectivity index (χ3n) is 2.84. The number of benzene rings is 2. The van der Waals surface area contributed by atoms with Crippen molar-refractivity contribution in [1.29, 1.82) is 0 Å². The topological polar surface area (TPSA) is 12.0 Å². The van der Waals surface area contributed by atoms with Gasteiger partial charge in [0.2, 0.25) is 0 Å². The molecule has 0 aromatic heterocycles. The van der Waals surface area contributed by atoms with E-state index in [4.69, 9.17) is 23.2 Å². The highest BCUT2D eigenvalue weighted by atomic mass is 79.9. The molecule has 0 heterocycles. The molecule has 1 N–H and O–H groups in total. The van der Waals surface area contributed by atoms with Gasteiger partial charge in [-0.3, -0.25) is 0 Å². The fourth-order valence-corrected chi connectivity index (χ4v) is 2.57. The first-order valence-corrected chi connectivity index (χ1v) is 7.15. The Hall–Kier alpha value is -0.610. The molecule has 100 valence electrons. The molecule has 1 unspecified atom stereocenters. The molecule has 2 aromatic carbocycles. The second-order valence-electron chi connectivity index (χ2n) is 4.06. The van der Waals surface area contributed by atoms with Crippen LogP contribution in [-0.4, -0.2) is 7.05 Å². The molecule has 2 rings (SSSR count). The van der Waals surface area contributed by atoms with E-state index in [1.165, 1.54) is 6.07 Å². The minimum Gasteiger partial charge on any atom is -0.309 e. The molecule has 0 saturated heterocycles. The number of hydrogen-bond acceptors (Lipinski definition) is 1. The summed E-state index contributed by atoms with van der Waals surface area (Å²) in [6.45, 7) is 0. The zero-order chi connectivity index (χ0) is 14.0. The fourth-order valence-electron chi connectivity index (χ4n) is 1.93. The molecule has 0 aliphatic heterocycles. The van der Waals surface area contributed by atoms with Crippen LogP contribution >= 0.6 is 39.1 Å². The predicted octanol–water partition coefficient (Wildman–Crippen LogP) is 5.20. The lowest BCUT2D eigenvalue weighted by atomic mass is 9.98. The fraction of sp³-hybridized carbons (Fsp3) is 0.143. The summed E-state index contributed by atoms with van der Waals surface area (Å²) in [5.41, 5.74) is 1.42. The standard InChI is InChI=1S/C14H11BrCl2FN/c1-19-14(8-2-5-11(16)12(17)6-8)10-4-3-9(15)7-13(10)18/h2-7,14,19H,1H3. The van der Waals surface area contributed by atoms with Gasteiger partial charge in [0.25, 0.3) is 0 Å². The lowest BCUT2D eigenvalue weighted by molar-refractivity contribution is 0.575. The third kappa shape index (κ3) is 3.29. The Bertz CT molecular complexity index is 604. The first-order valence-electron chi connectivity index (χ1n) is 5.60. The summed E-state index contributed by atoms with van der Waals surface area (Å²) in [6.07, 6.45) is 0. The van der Waals surface area contributed by atoms with Crippen molar-refractivity contribution < 1.29 is 4.39 Å². The van der Waals surface area contributed by atoms with Crippen LogP contribution in [-0.2, 0) is 0 Å². The van der Waals surface area contributed by atoms with Gasteiger partial charge in [-0.15, -0.1) is 0 Å².